The van der Waals surface area contributed by atoms with Gasteiger partial charge in [0.15, 0.2) is 0 Å². The van der Waals surface area contributed by atoms with E-state index in [1.165, 1.54) is 11.1 Å². The van der Waals surface area contributed by atoms with Crippen molar-refractivity contribution in [3.63, 3.8) is 0 Å². The van der Waals surface area contributed by atoms with Crippen molar-refractivity contribution in [2.75, 3.05) is 0 Å². The van der Waals surface area contributed by atoms with Crippen molar-refractivity contribution in [2.45, 2.75) is 39.5 Å². The zero-order chi connectivity index (χ0) is 10.7. The van der Waals surface area contributed by atoms with Gasteiger partial charge in [-0.05, 0) is 29.0 Å². The first kappa shape index (κ1) is 10.7. The zero-order valence-electron chi connectivity index (χ0n) is 9.20. The summed E-state index contributed by atoms with van der Waals surface area (Å²) in [5, 5.41) is 0. The molecule has 1 aromatic rings. The number of aromatic nitrogens is 1. The largest absolute Gasteiger partial charge is 0.361 e. The van der Waals surface area contributed by atoms with E-state index in [1.807, 2.05) is 12.3 Å². The first-order valence-electron chi connectivity index (χ1n) is 4.93. The minimum Gasteiger partial charge on any atom is -0.361 e. The molecule has 1 heterocycles. The minimum absolute atomic E-state index is 0.455. The molecule has 0 radical (unpaired) electrons. The molecule has 0 unspecified atom stereocenters. The molecule has 14 heavy (non-hydrogen) atoms. The maximum Gasteiger partial charge on any atom is 0.269 e. The van der Waals surface area contributed by atoms with Gasteiger partial charge in [-0.2, -0.15) is 0 Å². The molecular formula is C12H16N2. The van der Waals surface area contributed by atoms with Gasteiger partial charge in [0.1, 0.15) is 6.20 Å². The highest BCUT2D eigenvalue weighted by Crippen LogP contribution is 2.27. The van der Waals surface area contributed by atoms with Gasteiger partial charge in [-0.15, -0.1) is 4.98 Å². The first-order valence-corrected chi connectivity index (χ1v) is 4.93. The van der Waals surface area contributed by atoms with Gasteiger partial charge in [0.05, 0.1) is 0 Å². The third kappa shape index (κ3) is 2.11. The van der Waals surface area contributed by atoms with Crippen LogP contribution in [0.4, 0.5) is 5.82 Å². The predicted molar refractivity (Wildman–Crippen MR) is 58.7 cm³/mol. The van der Waals surface area contributed by atoms with Crippen LogP contribution in [0, 0.1) is 6.57 Å². The normalized spacial score (nSPS) is 10.6. The van der Waals surface area contributed by atoms with Crippen molar-refractivity contribution in [1.29, 1.82) is 0 Å². The lowest BCUT2D eigenvalue weighted by atomic mass is 9.92. The Labute approximate surface area is 85.8 Å². The molecule has 2 heteroatoms. The van der Waals surface area contributed by atoms with Crippen LogP contribution in [0.5, 0.6) is 0 Å². The fraction of sp³-hybridized carbons (Fsp3) is 0.500. The SMILES string of the molecule is [C-]#[N+]c1cc(C(C)C)c(C(C)C)cn1. The van der Waals surface area contributed by atoms with Crippen LogP contribution in [0.1, 0.15) is 50.7 Å². The second-order valence-corrected chi connectivity index (χ2v) is 4.09. The van der Waals surface area contributed by atoms with Gasteiger partial charge in [-0.25, -0.2) is 0 Å². The fourth-order valence-corrected chi connectivity index (χ4v) is 1.51. The van der Waals surface area contributed by atoms with Crippen LogP contribution in [-0.2, 0) is 0 Å². The maximum absolute atomic E-state index is 6.92. The summed E-state index contributed by atoms with van der Waals surface area (Å²) in [5.74, 6) is 1.42. The summed E-state index contributed by atoms with van der Waals surface area (Å²) < 4.78 is 0. The van der Waals surface area contributed by atoms with Crippen LogP contribution in [0.15, 0.2) is 12.3 Å². The van der Waals surface area contributed by atoms with Crippen LogP contribution in [0.3, 0.4) is 0 Å². The molecule has 0 spiro atoms. The van der Waals surface area contributed by atoms with E-state index in [0.29, 0.717) is 17.7 Å². The maximum atomic E-state index is 6.92. The van der Waals surface area contributed by atoms with Gasteiger partial charge in [0.25, 0.3) is 5.82 Å². The molecule has 0 N–H and O–H groups in total. The molecule has 0 saturated carbocycles. The Morgan fingerprint density at radius 2 is 1.71 bits per heavy atom. The van der Waals surface area contributed by atoms with Crippen LogP contribution in [0.2, 0.25) is 0 Å². The fourth-order valence-electron chi connectivity index (χ4n) is 1.51. The molecule has 0 atom stereocenters. The highest BCUT2D eigenvalue weighted by Gasteiger charge is 2.12. The Balaban J connectivity index is 3.26. The number of hydrogen-bond donors (Lipinski definition) is 0. The third-order valence-corrected chi connectivity index (χ3v) is 2.31. The first-order chi connectivity index (χ1) is 6.56. The minimum atomic E-state index is 0.455. The summed E-state index contributed by atoms with van der Waals surface area (Å²) in [6, 6.07) is 1.91. The molecule has 0 aliphatic heterocycles. The lowest BCUT2D eigenvalue weighted by Gasteiger charge is -2.14. The summed E-state index contributed by atoms with van der Waals surface area (Å²) in [6.07, 6.45) is 1.84. The summed E-state index contributed by atoms with van der Waals surface area (Å²) in [7, 11) is 0. The average molecular weight is 188 g/mol. The van der Waals surface area contributed by atoms with Crippen molar-refractivity contribution in [3.05, 3.63) is 34.8 Å². The third-order valence-electron chi connectivity index (χ3n) is 2.31. The lowest BCUT2D eigenvalue weighted by molar-refractivity contribution is 0.784. The summed E-state index contributed by atoms with van der Waals surface area (Å²) in [4.78, 5) is 7.46. The molecule has 2 nitrogen and oxygen atoms in total. The zero-order valence-corrected chi connectivity index (χ0v) is 9.20. The standard InChI is InChI=1S/C12H16N2/c1-8(2)10-6-12(13-5)14-7-11(10)9(3)4/h6-9H,1-4H3. The van der Waals surface area contributed by atoms with Gasteiger partial charge in [-0.3, -0.25) is 0 Å². The Morgan fingerprint density at radius 3 is 2.14 bits per heavy atom. The highest BCUT2D eigenvalue weighted by molar-refractivity contribution is 5.43. The van der Waals surface area contributed by atoms with Crippen molar-refractivity contribution in [1.82, 2.24) is 4.98 Å². The lowest BCUT2D eigenvalue weighted by Crippen LogP contribution is -1.99. The number of rotatable bonds is 2. The van der Waals surface area contributed by atoms with Gasteiger partial charge < -0.3 is 4.85 Å². The quantitative estimate of drug-likeness (QED) is 0.644. The Hall–Kier alpha value is -1.36. The molecule has 0 bridgehead atoms. The molecule has 0 amide bonds. The van der Waals surface area contributed by atoms with E-state index in [4.69, 9.17) is 6.57 Å². The van der Waals surface area contributed by atoms with Gasteiger partial charge >= 0.3 is 0 Å². The number of nitrogens with zero attached hydrogens (tertiary/aromatic N) is 2. The van der Waals surface area contributed by atoms with Crippen molar-refractivity contribution >= 4 is 5.82 Å². The summed E-state index contributed by atoms with van der Waals surface area (Å²) in [5.41, 5.74) is 2.51. The van der Waals surface area contributed by atoms with Gasteiger partial charge in [-0.1, -0.05) is 34.3 Å². The van der Waals surface area contributed by atoms with E-state index >= 15 is 0 Å². The van der Waals surface area contributed by atoms with E-state index in [2.05, 4.69) is 37.5 Å². The second kappa shape index (κ2) is 4.23. The predicted octanol–water partition coefficient (Wildman–Crippen LogP) is 3.88. The second-order valence-electron chi connectivity index (χ2n) is 4.09. The molecule has 0 aliphatic rings. The van der Waals surface area contributed by atoms with E-state index < -0.39 is 0 Å². The van der Waals surface area contributed by atoms with Gasteiger partial charge in [0.2, 0.25) is 0 Å². The molecule has 0 aliphatic carbocycles. The molecule has 1 aromatic heterocycles. The van der Waals surface area contributed by atoms with Crippen molar-refractivity contribution in [3.8, 4) is 0 Å². The van der Waals surface area contributed by atoms with Crippen LogP contribution >= 0.6 is 0 Å². The average Bonchev–Trinajstić information content (AvgIpc) is 2.16. The van der Waals surface area contributed by atoms with E-state index in [-0.39, 0.29) is 0 Å². The van der Waals surface area contributed by atoms with Crippen molar-refractivity contribution < 1.29 is 0 Å². The molecule has 0 fully saturated rings. The van der Waals surface area contributed by atoms with Crippen LogP contribution in [-0.4, -0.2) is 4.98 Å². The number of hydrogen-bond acceptors (Lipinski definition) is 1. The summed E-state index contributed by atoms with van der Waals surface area (Å²) >= 11 is 0. The topological polar surface area (TPSA) is 17.2 Å². The number of pyridine rings is 1. The Kier molecular flexibility index (Phi) is 3.24. The molecular weight excluding hydrogens is 172 g/mol. The Morgan fingerprint density at radius 1 is 1.14 bits per heavy atom. The van der Waals surface area contributed by atoms with Crippen LogP contribution in [0.25, 0.3) is 4.85 Å². The highest BCUT2D eigenvalue weighted by atomic mass is 14.9. The Bertz CT molecular complexity index is 359. The van der Waals surface area contributed by atoms with Gasteiger partial charge in [0, 0.05) is 0 Å². The summed E-state index contributed by atoms with van der Waals surface area (Å²) in [6.45, 7) is 15.5. The van der Waals surface area contributed by atoms with E-state index in [0.717, 1.165) is 0 Å². The molecule has 0 aromatic carbocycles. The molecule has 1 rings (SSSR count). The van der Waals surface area contributed by atoms with Crippen molar-refractivity contribution in [2.24, 2.45) is 0 Å². The smallest absolute Gasteiger partial charge is 0.269 e. The van der Waals surface area contributed by atoms with E-state index in [1.54, 1.807) is 0 Å². The molecule has 0 saturated heterocycles. The monoisotopic (exact) mass is 188 g/mol. The van der Waals surface area contributed by atoms with E-state index in [9.17, 15) is 0 Å². The molecule has 74 valence electrons. The van der Waals surface area contributed by atoms with Crippen LogP contribution < -0.4 is 0 Å².